The topological polar surface area (TPSA) is 39.4 Å². The molecule has 0 amide bonds. The molecule has 0 aliphatic rings. The predicted octanol–water partition coefficient (Wildman–Crippen LogP) is 3.41. The Morgan fingerprint density at radius 2 is 2.33 bits per heavy atom. The first-order valence-electron chi connectivity index (χ1n) is 4.56. The molecule has 0 saturated heterocycles. The van der Waals surface area contributed by atoms with Gasteiger partial charge < -0.3 is 9.15 Å². The molecule has 15 heavy (non-hydrogen) atoms. The Hall–Kier alpha value is -1.29. The Labute approximate surface area is 95.1 Å². The first-order chi connectivity index (χ1) is 7.26. The molecule has 3 nitrogen and oxygen atoms in total. The Morgan fingerprint density at radius 1 is 1.53 bits per heavy atom. The molecule has 0 saturated carbocycles. The molecule has 1 heterocycles. The second-order valence-corrected chi connectivity index (χ2v) is 3.79. The molecular weight excluding hydrogens is 260 g/mol. The number of hydrogen-bond acceptors (Lipinski definition) is 3. The van der Waals surface area contributed by atoms with E-state index in [4.69, 9.17) is 9.15 Å². The number of fused-ring (bicyclic) bond motifs is 1. The third-order valence-corrected chi connectivity index (χ3v) is 2.45. The van der Waals surface area contributed by atoms with Gasteiger partial charge >= 0.3 is 0 Å². The average Bonchev–Trinajstić information content (AvgIpc) is 2.60. The zero-order valence-electron chi connectivity index (χ0n) is 8.12. The van der Waals surface area contributed by atoms with Gasteiger partial charge in [-0.25, -0.2) is 0 Å². The van der Waals surface area contributed by atoms with Gasteiger partial charge in [0.25, 0.3) is 0 Å². The first kappa shape index (κ1) is 10.2. The van der Waals surface area contributed by atoms with Crippen LogP contribution in [0.5, 0.6) is 5.75 Å². The molecule has 2 aromatic rings. The van der Waals surface area contributed by atoms with Crippen molar-refractivity contribution >= 4 is 33.2 Å². The van der Waals surface area contributed by atoms with E-state index in [2.05, 4.69) is 15.9 Å². The number of ether oxygens (including phenoxy) is 1. The minimum atomic E-state index is 0.498. The minimum Gasteiger partial charge on any atom is -0.489 e. The van der Waals surface area contributed by atoms with Crippen LogP contribution in [0, 0.1) is 0 Å². The van der Waals surface area contributed by atoms with Crippen molar-refractivity contribution in [3.05, 3.63) is 28.4 Å². The molecule has 0 aliphatic carbocycles. The quantitative estimate of drug-likeness (QED) is 0.801. The fourth-order valence-corrected chi connectivity index (χ4v) is 1.86. The molecule has 0 atom stereocenters. The third kappa shape index (κ3) is 1.77. The summed E-state index contributed by atoms with van der Waals surface area (Å²) in [7, 11) is 0. The van der Waals surface area contributed by atoms with E-state index < -0.39 is 0 Å². The molecular formula is C11H9BrO3. The molecule has 4 heteroatoms. The van der Waals surface area contributed by atoms with E-state index in [0.29, 0.717) is 28.2 Å². The lowest BCUT2D eigenvalue weighted by Gasteiger charge is -2.05. The van der Waals surface area contributed by atoms with Gasteiger partial charge in [-0.15, -0.1) is 0 Å². The van der Waals surface area contributed by atoms with Crippen LogP contribution in [0.1, 0.15) is 17.3 Å². The lowest BCUT2D eigenvalue weighted by Crippen LogP contribution is -1.96. The Kier molecular flexibility index (Phi) is 2.77. The maximum atomic E-state index is 10.8. The van der Waals surface area contributed by atoms with Crippen molar-refractivity contribution in [2.24, 2.45) is 0 Å². The van der Waals surface area contributed by atoms with Gasteiger partial charge in [0.1, 0.15) is 0 Å². The fourth-order valence-electron chi connectivity index (χ4n) is 1.45. The molecule has 0 fully saturated rings. The van der Waals surface area contributed by atoms with Gasteiger partial charge in [0.15, 0.2) is 22.3 Å². The summed E-state index contributed by atoms with van der Waals surface area (Å²) in [5, 5.41) is 0.913. The summed E-state index contributed by atoms with van der Waals surface area (Å²) in [5.41, 5.74) is 1.11. The average molecular weight is 269 g/mol. The van der Waals surface area contributed by atoms with Crippen LogP contribution in [0.3, 0.4) is 0 Å². The molecule has 78 valence electrons. The van der Waals surface area contributed by atoms with E-state index in [1.54, 1.807) is 6.07 Å². The standard InChI is InChI=1S/C11H9BrO3/c1-2-14-10-8(6-13)4-3-7-5-9(12)15-11(7)10/h3-6H,2H2,1H3. The van der Waals surface area contributed by atoms with E-state index in [1.807, 2.05) is 19.1 Å². The normalized spacial score (nSPS) is 10.5. The molecule has 0 spiro atoms. The van der Waals surface area contributed by atoms with Crippen molar-refractivity contribution in [2.45, 2.75) is 6.92 Å². The summed E-state index contributed by atoms with van der Waals surface area (Å²) < 4.78 is 11.5. The summed E-state index contributed by atoms with van der Waals surface area (Å²) >= 11 is 3.25. The lowest BCUT2D eigenvalue weighted by atomic mass is 10.1. The third-order valence-electron chi connectivity index (χ3n) is 2.06. The van der Waals surface area contributed by atoms with Crippen molar-refractivity contribution in [3.63, 3.8) is 0 Å². The maximum absolute atomic E-state index is 10.8. The number of rotatable bonds is 3. The van der Waals surface area contributed by atoms with Crippen LogP contribution in [0.15, 0.2) is 27.3 Å². The summed E-state index contributed by atoms with van der Waals surface area (Å²) in [6.07, 6.45) is 0.765. The van der Waals surface area contributed by atoms with Crippen LogP contribution in [-0.4, -0.2) is 12.9 Å². The van der Waals surface area contributed by atoms with Gasteiger partial charge in [-0.2, -0.15) is 0 Å². The highest BCUT2D eigenvalue weighted by Gasteiger charge is 2.12. The van der Waals surface area contributed by atoms with Crippen molar-refractivity contribution in [1.82, 2.24) is 0 Å². The zero-order valence-corrected chi connectivity index (χ0v) is 9.71. The first-order valence-corrected chi connectivity index (χ1v) is 5.35. The van der Waals surface area contributed by atoms with Crippen LogP contribution < -0.4 is 4.74 Å². The molecule has 0 unspecified atom stereocenters. The highest BCUT2D eigenvalue weighted by atomic mass is 79.9. The van der Waals surface area contributed by atoms with E-state index in [9.17, 15) is 4.79 Å². The lowest BCUT2D eigenvalue weighted by molar-refractivity contribution is 0.112. The molecule has 1 aromatic carbocycles. The SMILES string of the molecule is CCOc1c(C=O)ccc2cc(Br)oc12. The highest BCUT2D eigenvalue weighted by Crippen LogP contribution is 2.33. The van der Waals surface area contributed by atoms with Crippen LogP contribution in [0.4, 0.5) is 0 Å². The summed E-state index contributed by atoms with van der Waals surface area (Å²) in [6, 6.07) is 5.39. The molecule has 1 aromatic heterocycles. The van der Waals surface area contributed by atoms with Crippen LogP contribution >= 0.6 is 15.9 Å². The monoisotopic (exact) mass is 268 g/mol. The smallest absolute Gasteiger partial charge is 0.178 e. The largest absolute Gasteiger partial charge is 0.489 e. The maximum Gasteiger partial charge on any atom is 0.178 e. The predicted molar refractivity (Wildman–Crippen MR) is 60.5 cm³/mol. The van der Waals surface area contributed by atoms with E-state index in [-0.39, 0.29) is 0 Å². The van der Waals surface area contributed by atoms with Gasteiger partial charge in [0.05, 0.1) is 12.2 Å². The fraction of sp³-hybridized carbons (Fsp3) is 0.182. The molecule has 0 radical (unpaired) electrons. The van der Waals surface area contributed by atoms with Crippen LogP contribution in [-0.2, 0) is 0 Å². The van der Waals surface area contributed by atoms with Crippen LogP contribution in [0.2, 0.25) is 0 Å². The number of hydrogen-bond donors (Lipinski definition) is 0. The highest BCUT2D eigenvalue weighted by molar-refractivity contribution is 9.10. The van der Waals surface area contributed by atoms with Crippen molar-refractivity contribution < 1.29 is 13.9 Å². The number of aldehydes is 1. The van der Waals surface area contributed by atoms with Gasteiger partial charge in [0, 0.05) is 5.39 Å². The molecule has 0 N–H and O–H groups in total. The summed E-state index contributed by atoms with van der Waals surface area (Å²) in [4.78, 5) is 10.8. The van der Waals surface area contributed by atoms with Gasteiger partial charge in [-0.05, 0) is 35.0 Å². The second kappa shape index (κ2) is 4.06. The Morgan fingerprint density at radius 3 is 3.00 bits per heavy atom. The van der Waals surface area contributed by atoms with Crippen molar-refractivity contribution in [1.29, 1.82) is 0 Å². The number of halogens is 1. The second-order valence-electron chi connectivity index (χ2n) is 3.00. The number of furan rings is 1. The van der Waals surface area contributed by atoms with Crippen molar-refractivity contribution in [2.75, 3.05) is 6.61 Å². The van der Waals surface area contributed by atoms with Crippen molar-refractivity contribution in [3.8, 4) is 5.75 Å². The number of carbonyl (C=O) groups excluding carboxylic acids is 1. The summed E-state index contributed by atoms with van der Waals surface area (Å²) in [6.45, 7) is 2.36. The Bertz CT molecular complexity index is 502. The van der Waals surface area contributed by atoms with E-state index in [1.165, 1.54) is 0 Å². The van der Waals surface area contributed by atoms with Gasteiger partial charge in [-0.3, -0.25) is 4.79 Å². The van der Waals surface area contributed by atoms with Gasteiger partial charge in [-0.1, -0.05) is 6.07 Å². The minimum absolute atomic E-state index is 0.498. The van der Waals surface area contributed by atoms with E-state index >= 15 is 0 Å². The number of benzene rings is 1. The van der Waals surface area contributed by atoms with E-state index in [0.717, 1.165) is 11.7 Å². The molecule has 0 aliphatic heterocycles. The van der Waals surface area contributed by atoms with Gasteiger partial charge in [0.2, 0.25) is 0 Å². The number of carbonyl (C=O) groups is 1. The summed E-state index contributed by atoms with van der Waals surface area (Å²) in [5.74, 6) is 0.510. The molecule has 2 rings (SSSR count). The molecule has 0 bridgehead atoms. The Balaban J connectivity index is 2.71. The zero-order chi connectivity index (χ0) is 10.8. The van der Waals surface area contributed by atoms with Crippen LogP contribution in [0.25, 0.3) is 11.0 Å².